The molecule has 9 nitrogen and oxygen atoms in total. The topological polar surface area (TPSA) is 134 Å². The van der Waals surface area contributed by atoms with E-state index >= 15 is 0 Å². The van der Waals surface area contributed by atoms with Crippen LogP contribution in [0, 0.1) is 24.0 Å². The maximum absolute atomic E-state index is 12.7. The molecule has 0 aromatic heterocycles. The number of nitro benzene ring substituents is 1. The van der Waals surface area contributed by atoms with Crippen molar-refractivity contribution in [2.45, 2.75) is 18.7 Å². The van der Waals surface area contributed by atoms with Gasteiger partial charge in [0.15, 0.2) is 0 Å². The van der Waals surface area contributed by atoms with Crippen LogP contribution in [0.15, 0.2) is 70.7 Å². The fraction of sp³-hybridized carbons (Fsp3) is 0.0952. The highest BCUT2D eigenvalue weighted by Gasteiger charge is 2.22. The molecule has 0 spiro atoms. The Kier molecular flexibility index (Phi) is 6.21. The highest BCUT2D eigenvalue weighted by Crippen LogP contribution is 2.29. The monoisotopic (exact) mass is 440 g/mol. The number of phenolic OH excluding ortho intramolecular Hbond substituents is 1. The van der Waals surface area contributed by atoms with Gasteiger partial charge in [0, 0.05) is 11.6 Å². The Bertz CT molecular complexity index is 1270. The van der Waals surface area contributed by atoms with Crippen LogP contribution in [-0.2, 0) is 10.0 Å². The van der Waals surface area contributed by atoms with E-state index in [4.69, 9.17) is 0 Å². The zero-order chi connectivity index (χ0) is 22.6. The number of benzene rings is 3. The number of aryl methyl sites for hydroxylation is 2. The second kappa shape index (κ2) is 8.84. The molecule has 0 unspecified atom stereocenters. The second-order valence-electron chi connectivity index (χ2n) is 6.79. The molecule has 31 heavy (non-hydrogen) atoms. The standard InChI is InChI=1S/C21H20N4O5S/c1-14-7-9-18(15(2)11-14)24-31(29,30)17-8-10-19(20(12-17)25(27)28)23-22-13-16-5-3-4-6-21(16)26/h3-13,23-24,26H,1-2H3/b22-13-. The van der Waals surface area contributed by atoms with Gasteiger partial charge in [0.1, 0.15) is 11.4 Å². The van der Waals surface area contributed by atoms with E-state index in [0.29, 0.717) is 11.3 Å². The van der Waals surface area contributed by atoms with E-state index in [0.717, 1.165) is 17.2 Å². The van der Waals surface area contributed by atoms with Crippen molar-refractivity contribution in [1.82, 2.24) is 0 Å². The summed E-state index contributed by atoms with van der Waals surface area (Å²) in [5.74, 6) is 0.00136. The number of nitrogens with zero attached hydrogens (tertiary/aromatic N) is 2. The van der Waals surface area contributed by atoms with Crippen molar-refractivity contribution in [3.8, 4) is 5.75 Å². The Balaban J connectivity index is 1.87. The summed E-state index contributed by atoms with van der Waals surface area (Å²) in [5, 5.41) is 25.1. The van der Waals surface area contributed by atoms with Crippen LogP contribution in [-0.4, -0.2) is 24.7 Å². The molecule has 0 fully saturated rings. The summed E-state index contributed by atoms with van der Waals surface area (Å²) in [6, 6.07) is 15.1. The molecule has 3 aromatic rings. The zero-order valence-electron chi connectivity index (χ0n) is 16.7. The van der Waals surface area contributed by atoms with Crippen LogP contribution < -0.4 is 10.1 Å². The first-order valence-electron chi connectivity index (χ1n) is 9.13. The summed E-state index contributed by atoms with van der Waals surface area (Å²) in [4.78, 5) is 10.5. The minimum atomic E-state index is -4.04. The molecule has 160 valence electrons. The number of nitro groups is 1. The number of hydrazone groups is 1. The molecule has 0 aliphatic rings. The molecule has 0 saturated carbocycles. The summed E-state index contributed by atoms with van der Waals surface area (Å²) in [5.41, 5.74) is 4.57. The van der Waals surface area contributed by atoms with Crippen LogP contribution in [0.2, 0.25) is 0 Å². The van der Waals surface area contributed by atoms with Crippen LogP contribution in [0.5, 0.6) is 5.75 Å². The van der Waals surface area contributed by atoms with E-state index in [1.807, 2.05) is 13.0 Å². The van der Waals surface area contributed by atoms with Crippen molar-refractivity contribution >= 4 is 33.3 Å². The lowest BCUT2D eigenvalue weighted by Gasteiger charge is -2.12. The minimum absolute atomic E-state index is 0.00136. The third kappa shape index (κ3) is 5.17. The van der Waals surface area contributed by atoms with Gasteiger partial charge in [-0.05, 0) is 49.7 Å². The number of sulfonamides is 1. The van der Waals surface area contributed by atoms with Crippen molar-refractivity contribution in [1.29, 1.82) is 0 Å². The fourth-order valence-corrected chi connectivity index (χ4v) is 3.97. The third-order valence-corrected chi connectivity index (χ3v) is 5.79. The molecule has 3 rings (SSSR count). The highest BCUT2D eigenvalue weighted by atomic mass is 32.2. The maximum atomic E-state index is 12.7. The maximum Gasteiger partial charge on any atom is 0.295 e. The van der Waals surface area contributed by atoms with E-state index in [9.17, 15) is 23.6 Å². The van der Waals surface area contributed by atoms with Gasteiger partial charge in [0.2, 0.25) is 0 Å². The molecule has 0 amide bonds. The first-order valence-corrected chi connectivity index (χ1v) is 10.6. The van der Waals surface area contributed by atoms with Gasteiger partial charge in [-0.1, -0.05) is 29.8 Å². The van der Waals surface area contributed by atoms with Crippen LogP contribution in [0.1, 0.15) is 16.7 Å². The molecule has 3 aromatic carbocycles. The van der Waals surface area contributed by atoms with Gasteiger partial charge in [-0.15, -0.1) is 0 Å². The average molecular weight is 440 g/mol. The summed E-state index contributed by atoms with van der Waals surface area (Å²) >= 11 is 0. The van der Waals surface area contributed by atoms with Gasteiger partial charge in [-0.25, -0.2) is 8.42 Å². The van der Waals surface area contributed by atoms with Crippen LogP contribution in [0.4, 0.5) is 17.1 Å². The van der Waals surface area contributed by atoms with Gasteiger partial charge in [-0.3, -0.25) is 20.3 Å². The zero-order valence-corrected chi connectivity index (χ0v) is 17.6. The van der Waals surface area contributed by atoms with Crippen molar-refractivity contribution in [3.05, 3.63) is 87.5 Å². The third-order valence-electron chi connectivity index (χ3n) is 4.43. The molecule has 0 atom stereocenters. The van der Waals surface area contributed by atoms with E-state index in [2.05, 4.69) is 15.2 Å². The summed E-state index contributed by atoms with van der Waals surface area (Å²) in [6.45, 7) is 3.66. The van der Waals surface area contributed by atoms with Gasteiger partial charge in [-0.2, -0.15) is 5.10 Å². The van der Waals surface area contributed by atoms with Gasteiger partial charge < -0.3 is 5.11 Å². The van der Waals surface area contributed by atoms with Crippen molar-refractivity contribution in [2.24, 2.45) is 5.10 Å². The highest BCUT2D eigenvalue weighted by molar-refractivity contribution is 7.92. The lowest BCUT2D eigenvalue weighted by molar-refractivity contribution is -0.384. The van der Waals surface area contributed by atoms with Crippen molar-refractivity contribution in [3.63, 3.8) is 0 Å². The molecule has 0 aliphatic heterocycles. The van der Waals surface area contributed by atoms with Crippen LogP contribution in [0.25, 0.3) is 0 Å². The number of hydrogen-bond donors (Lipinski definition) is 3. The van der Waals surface area contributed by atoms with E-state index in [1.165, 1.54) is 24.4 Å². The summed E-state index contributed by atoms with van der Waals surface area (Å²) < 4.78 is 28.0. The van der Waals surface area contributed by atoms with Crippen molar-refractivity contribution in [2.75, 3.05) is 10.1 Å². The Morgan fingerprint density at radius 3 is 2.42 bits per heavy atom. The normalized spacial score (nSPS) is 11.4. The Labute approximate surface area is 179 Å². The number of nitrogens with one attached hydrogen (secondary N) is 2. The first kappa shape index (κ1) is 21.8. The summed E-state index contributed by atoms with van der Waals surface area (Å²) in [7, 11) is -4.04. The largest absolute Gasteiger partial charge is 0.507 e. The Morgan fingerprint density at radius 1 is 1.03 bits per heavy atom. The second-order valence-corrected chi connectivity index (χ2v) is 8.47. The molecule has 0 aliphatic carbocycles. The molecule has 0 radical (unpaired) electrons. The van der Waals surface area contributed by atoms with Crippen LogP contribution >= 0.6 is 0 Å². The molecular formula is C21H20N4O5S. The molecule has 0 heterocycles. The number of aromatic hydroxyl groups is 1. The number of anilines is 2. The number of rotatable bonds is 7. The number of hydrogen-bond acceptors (Lipinski definition) is 7. The molecule has 10 heteroatoms. The van der Waals surface area contributed by atoms with Crippen LogP contribution in [0.3, 0.4) is 0 Å². The Hall–Kier alpha value is -3.92. The lowest BCUT2D eigenvalue weighted by Crippen LogP contribution is -2.14. The lowest BCUT2D eigenvalue weighted by atomic mass is 10.1. The van der Waals surface area contributed by atoms with Crippen molar-refractivity contribution < 1.29 is 18.4 Å². The van der Waals surface area contributed by atoms with E-state index in [1.54, 1.807) is 37.3 Å². The first-order chi connectivity index (χ1) is 14.7. The Morgan fingerprint density at radius 2 is 1.74 bits per heavy atom. The SMILES string of the molecule is Cc1ccc(NS(=O)(=O)c2ccc(N/N=C\c3ccccc3O)c([N+](=O)[O-])c2)c(C)c1. The molecule has 0 bridgehead atoms. The van der Waals surface area contributed by atoms with E-state index in [-0.39, 0.29) is 16.3 Å². The molecular weight excluding hydrogens is 420 g/mol. The molecule has 3 N–H and O–H groups in total. The summed E-state index contributed by atoms with van der Waals surface area (Å²) in [6.07, 6.45) is 1.30. The predicted molar refractivity (Wildman–Crippen MR) is 119 cm³/mol. The quantitative estimate of drug-likeness (QED) is 0.287. The number of phenols is 1. The minimum Gasteiger partial charge on any atom is -0.507 e. The number of para-hydroxylation sites is 1. The fourth-order valence-electron chi connectivity index (χ4n) is 2.82. The molecule has 0 saturated heterocycles. The van der Waals surface area contributed by atoms with Gasteiger partial charge in [0.05, 0.1) is 21.7 Å². The average Bonchev–Trinajstić information content (AvgIpc) is 2.71. The van der Waals surface area contributed by atoms with E-state index < -0.39 is 20.6 Å². The smallest absolute Gasteiger partial charge is 0.295 e. The van der Waals surface area contributed by atoms with Gasteiger partial charge >= 0.3 is 0 Å². The predicted octanol–water partition coefficient (Wildman–Crippen LogP) is 4.16. The van der Waals surface area contributed by atoms with Gasteiger partial charge in [0.25, 0.3) is 15.7 Å².